The molecule has 0 amide bonds. The molecule has 2 aromatic rings. The number of nitrogens with two attached hydrogens (primary N) is 1. The van der Waals surface area contributed by atoms with Crippen molar-refractivity contribution in [3.63, 3.8) is 0 Å². The van der Waals surface area contributed by atoms with E-state index in [1.165, 1.54) is 0 Å². The molecule has 21 heavy (non-hydrogen) atoms. The molecule has 0 fully saturated rings. The highest BCUT2D eigenvalue weighted by atomic mass is 15.2. The number of nitriles is 1. The number of para-hydroxylation sites is 1. The Morgan fingerprint density at radius 1 is 1.24 bits per heavy atom. The van der Waals surface area contributed by atoms with Gasteiger partial charge in [0.15, 0.2) is 0 Å². The fraction of sp³-hybridized carbons (Fsp3) is 0.294. The van der Waals surface area contributed by atoms with Crippen LogP contribution in [0.1, 0.15) is 30.6 Å². The summed E-state index contributed by atoms with van der Waals surface area (Å²) in [5, 5.41) is 9.29. The molecule has 2 atom stereocenters. The van der Waals surface area contributed by atoms with E-state index in [0.717, 1.165) is 17.8 Å². The second-order valence-corrected chi connectivity index (χ2v) is 5.01. The average Bonchev–Trinajstić information content (AvgIpc) is 2.55. The first-order chi connectivity index (χ1) is 10.2. The first-order valence-electron chi connectivity index (χ1n) is 7.07. The minimum atomic E-state index is -0.0642. The molecule has 2 rings (SSSR count). The van der Waals surface area contributed by atoms with E-state index in [-0.39, 0.29) is 12.1 Å². The molecule has 0 spiro atoms. The number of pyridine rings is 1. The third-order valence-electron chi connectivity index (χ3n) is 3.69. The van der Waals surface area contributed by atoms with Gasteiger partial charge in [0.2, 0.25) is 0 Å². The first kappa shape index (κ1) is 15.0. The fourth-order valence-electron chi connectivity index (χ4n) is 2.50. The van der Waals surface area contributed by atoms with E-state index in [1.54, 1.807) is 6.20 Å². The largest absolute Gasteiger partial charge is 0.363 e. The van der Waals surface area contributed by atoms with Crippen LogP contribution in [-0.4, -0.2) is 18.1 Å². The zero-order chi connectivity index (χ0) is 15.2. The molecule has 1 heterocycles. The number of likely N-dealkylation sites (N-methyl/N-ethyl adjacent to an activating group) is 1. The summed E-state index contributed by atoms with van der Waals surface area (Å²) in [5.41, 5.74) is 8.75. The molecule has 0 aliphatic carbocycles. The first-order valence-corrected chi connectivity index (χ1v) is 7.07. The quantitative estimate of drug-likeness (QED) is 0.914. The number of benzene rings is 1. The van der Waals surface area contributed by atoms with Crippen molar-refractivity contribution in [1.82, 2.24) is 4.98 Å². The summed E-state index contributed by atoms with van der Waals surface area (Å²) in [5.74, 6) is 0. The van der Waals surface area contributed by atoms with Crippen LogP contribution in [0.5, 0.6) is 0 Å². The Morgan fingerprint density at radius 2 is 1.95 bits per heavy atom. The topological polar surface area (TPSA) is 65.9 Å². The minimum absolute atomic E-state index is 0.0587. The highest BCUT2D eigenvalue weighted by molar-refractivity contribution is 5.60. The van der Waals surface area contributed by atoms with Crippen LogP contribution in [0.2, 0.25) is 0 Å². The summed E-state index contributed by atoms with van der Waals surface area (Å²) in [6.07, 6.45) is 2.61. The molecule has 108 valence electrons. The predicted octanol–water partition coefficient (Wildman–Crippen LogP) is 2.87. The number of nitrogens with zero attached hydrogens (tertiary/aromatic N) is 3. The predicted molar refractivity (Wildman–Crippen MR) is 84.8 cm³/mol. The standard InChI is InChI=1S/C17H20N4/c1-3-14(19)17(15-9-6-7-11-20-15)21(2)16-10-5-4-8-13(16)12-18/h4-11,14,17H,3,19H2,1-2H3. The highest BCUT2D eigenvalue weighted by Gasteiger charge is 2.25. The van der Waals surface area contributed by atoms with Gasteiger partial charge in [-0.3, -0.25) is 4.98 Å². The summed E-state index contributed by atoms with van der Waals surface area (Å²) in [6, 6.07) is 15.5. The normalized spacial score (nSPS) is 13.2. The molecule has 0 bridgehead atoms. The van der Waals surface area contributed by atoms with Crippen LogP contribution < -0.4 is 10.6 Å². The number of rotatable bonds is 5. The van der Waals surface area contributed by atoms with Crippen molar-refractivity contribution in [2.24, 2.45) is 5.73 Å². The lowest BCUT2D eigenvalue weighted by molar-refractivity contribution is 0.500. The van der Waals surface area contributed by atoms with Crippen molar-refractivity contribution in [2.75, 3.05) is 11.9 Å². The molecule has 0 saturated carbocycles. The van der Waals surface area contributed by atoms with Crippen LogP contribution in [-0.2, 0) is 0 Å². The number of hydrogen-bond acceptors (Lipinski definition) is 4. The summed E-state index contributed by atoms with van der Waals surface area (Å²) < 4.78 is 0. The fourth-order valence-corrected chi connectivity index (χ4v) is 2.50. The molecule has 1 aromatic heterocycles. The second kappa shape index (κ2) is 6.87. The molecular formula is C17H20N4. The van der Waals surface area contributed by atoms with Gasteiger partial charge in [0.25, 0.3) is 0 Å². The maximum absolute atomic E-state index is 9.29. The van der Waals surface area contributed by atoms with Crippen molar-refractivity contribution in [3.8, 4) is 6.07 Å². The zero-order valence-corrected chi connectivity index (χ0v) is 12.4. The van der Waals surface area contributed by atoms with Crippen LogP contribution >= 0.6 is 0 Å². The van der Waals surface area contributed by atoms with E-state index in [0.29, 0.717) is 5.56 Å². The van der Waals surface area contributed by atoms with Crippen molar-refractivity contribution >= 4 is 5.69 Å². The molecule has 4 nitrogen and oxygen atoms in total. The van der Waals surface area contributed by atoms with E-state index in [2.05, 4.69) is 22.9 Å². The molecule has 2 unspecified atom stereocenters. The molecule has 2 N–H and O–H groups in total. The average molecular weight is 280 g/mol. The van der Waals surface area contributed by atoms with Gasteiger partial charge in [0, 0.05) is 19.3 Å². The van der Waals surface area contributed by atoms with Gasteiger partial charge >= 0.3 is 0 Å². The maximum Gasteiger partial charge on any atom is 0.101 e. The number of anilines is 1. The lowest BCUT2D eigenvalue weighted by Gasteiger charge is -2.34. The van der Waals surface area contributed by atoms with Crippen molar-refractivity contribution in [3.05, 3.63) is 59.9 Å². The summed E-state index contributed by atoms with van der Waals surface area (Å²) in [6.45, 7) is 2.06. The van der Waals surface area contributed by atoms with E-state index in [9.17, 15) is 5.26 Å². The summed E-state index contributed by atoms with van der Waals surface area (Å²) in [7, 11) is 1.96. The maximum atomic E-state index is 9.29. The van der Waals surface area contributed by atoms with Crippen molar-refractivity contribution in [2.45, 2.75) is 25.4 Å². The highest BCUT2D eigenvalue weighted by Crippen LogP contribution is 2.29. The second-order valence-electron chi connectivity index (χ2n) is 5.01. The Morgan fingerprint density at radius 3 is 2.57 bits per heavy atom. The van der Waals surface area contributed by atoms with Gasteiger partial charge in [-0.25, -0.2) is 0 Å². The molecule has 1 aromatic carbocycles. The van der Waals surface area contributed by atoms with Gasteiger partial charge in [0.1, 0.15) is 6.07 Å². The molecule has 0 aliphatic heterocycles. The van der Waals surface area contributed by atoms with Crippen LogP contribution in [0.25, 0.3) is 0 Å². The van der Waals surface area contributed by atoms with Gasteiger partial charge in [0.05, 0.1) is 23.0 Å². The minimum Gasteiger partial charge on any atom is -0.363 e. The van der Waals surface area contributed by atoms with Crippen molar-refractivity contribution < 1.29 is 0 Å². The van der Waals surface area contributed by atoms with Crippen LogP contribution in [0.4, 0.5) is 5.69 Å². The zero-order valence-electron chi connectivity index (χ0n) is 12.4. The Balaban J connectivity index is 2.44. The van der Waals surface area contributed by atoms with Crippen LogP contribution in [0.15, 0.2) is 48.7 Å². The smallest absolute Gasteiger partial charge is 0.101 e. The van der Waals surface area contributed by atoms with Gasteiger partial charge in [-0.05, 0) is 30.7 Å². The van der Waals surface area contributed by atoms with Crippen molar-refractivity contribution in [1.29, 1.82) is 5.26 Å². The summed E-state index contributed by atoms with van der Waals surface area (Å²) >= 11 is 0. The van der Waals surface area contributed by atoms with Crippen LogP contribution in [0.3, 0.4) is 0 Å². The Hall–Kier alpha value is -2.38. The van der Waals surface area contributed by atoms with E-state index < -0.39 is 0 Å². The van der Waals surface area contributed by atoms with Gasteiger partial charge < -0.3 is 10.6 Å². The summed E-state index contributed by atoms with van der Waals surface area (Å²) in [4.78, 5) is 6.50. The van der Waals surface area contributed by atoms with E-state index >= 15 is 0 Å². The van der Waals surface area contributed by atoms with E-state index in [1.807, 2.05) is 49.5 Å². The molecular weight excluding hydrogens is 260 g/mol. The van der Waals surface area contributed by atoms with Gasteiger partial charge in [-0.2, -0.15) is 5.26 Å². The molecule has 0 aliphatic rings. The lowest BCUT2D eigenvalue weighted by Crippen LogP contribution is -2.39. The Labute approximate surface area is 125 Å². The Kier molecular flexibility index (Phi) is 4.91. The SMILES string of the molecule is CCC(N)C(c1ccccn1)N(C)c1ccccc1C#N. The third kappa shape index (κ3) is 3.21. The van der Waals surface area contributed by atoms with Gasteiger partial charge in [-0.15, -0.1) is 0 Å². The third-order valence-corrected chi connectivity index (χ3v) is 3.69. The number of aromatic nitrogens is 1. The molecule has 4 heteroatoms. The number of hydrogen-bond donors (Lipinski definition) is 1. The van der Waals surface area contributed by atoms with Crippen LogP contribution in [0, 0.1) is 11.3 Å². The monoisotopic (exact) mass is 280 g/mol. The molecule has 0 radical (unpaired) electrons. The lowest BCUT2D eigenvalue weighted by atomic mass is 9.99. The molecule has 0 saturated heterocycles. The van der Waals surface area contributed by atoms with Gasteiger partial charge in [-0.1, -0.05) is 25.1 Å². The van der Waals surface area contributed by atoms with E-state index in [4.69, 9.17) is 5.73 Å². The Bertz CT molecular complexity index is 618.